The van der Waals surface area contributed by atoms with E-state index in [2.05, 4.69) is 0 Å². The number of nitrogens with zero attached hydrogens (tertiary/aromatic N) is 2. The lowest BCUT2D eigenvalue weighted by atomic mass is 10.0. The smallest absolute Gasteiger partial charge is 0.273 e. The number of pyridine rings is 1. The molecular formula is C19H9ClF2N2O3. The van der Waals surface area contributed by atoms with Crippen LogP contribution in [-0.2, 0) is 0 Å². The number of halogens is 3. The highest BCUT2D eigenvalue weighted by molar-refractivity contribution is 6.30. The lowest BCUT2D eigenvalue weighted by Crippen LogP contribution is -2.22. The van der Waals surface area contributed by atoms with Crippen molar-refractivity contribution >= 4 is 17.4 Å². The van der Waals surface area contributed by atoms with Gasteiger partial charge in [0.25, 0.3) is 5.56 Å². The van der Waals surface area contributed by atoms with Crippen LogP contribution in [-0.4, -0.2) is 15.5 Å². The molecule has 1 heterocycles. The van der Waals surface area contributed by atoms with Gasteiger partial charge < -0.3 is 5.11 Å². The summed E-state index contributed by atoms with van der Waals surface area (Å²) in [6, 6.07) is 8.99. The van der Waals surface area contributed by atoms with Gasteiger partial charge in [0.05, 0.1) is 16.3 Å². The van der Waals surface area contributed by atoms with E-state index >= 15 is 0 Å². The second kappa shape index (κ2) is 7.02. The first kappa shape index (κ1) is 18.3. The molecule has 0 fully saturated rings. The standard InChI is InChI=1S/C19H9ClF2N2O3/c20-15-7-13(2-3-16(15)22)24-9-11(5-10(8-23)19(24)27)18(26)14-6-12(21)1-4-17(14)25/h1-7,9,25H. The zero-order valence-corrected chi connectivity index (χ0v) is 14.2. The Kier molecular flexibility index (Phi) is 4.75. The summed E-state index contributed by atoms with van der Waals surface area (Å²) in [6.07, 6.45) is 1.11. The first-order valence-electron chi connectivity index (χ1n) is 7.47. The molecule has 0 saturated carbocycles. The zero-order chi connectivity index (χ0) is 19.7. The average molecular weight is 387 g/mol. The number of hydrogen-bond acceptors (Lipinski definition) is 4. The molecular weight excluding hydrogens is 378 g/mol. The van der Waals surface area contributed by atoms with E-state index in [9.17, 15) is 28.7 Å². The molecule has 1 aromatic heterocycles. The van der Waals surface area contributed by atoms with Crippen LogP contribution in [0.2, 0.25) is 5.02 Å². The van der Waals surface area contributed by atoms with Crippen LogP contribution in [0, 0.1) is 23.0 Å². The summed E-state index contributed by atoms with van der Waals surface area (Å²) in [5.41, 5.74) is -1.47. The van der Waals surface area contributed by atoms with Crippen molar-refractivity contribution in [2.45, 2.75) is 0 Å². The number of phenolic OH excluding ortho intramolecular Hbond substituents is 1. The van der Waals surface area contributed by atoms with Crippen LogP contribution < -0.4 is 5.56 Å². The van der Waals surface area contributed by atoms with E-state index in [1.807, 2.05) is 0 Å². The summed E-state index contributed by atoms with van der Waals surface area (Å²) >= 11 is 5.73. The first-order valence-corrected chi connectivity index (χ1v) is 7.85. The van der Waals surface area contributed by atoms with Crippen LogP contribution in [0.5, 0.6) is 5.75 Å². The Balaban J connectivity index is 2.22. The van der Waals surface area contributed by atoms with Crippen molar-refractivity contribution in [3.63, 3.8) is 0 Å². The fourth-order valence-electron chi connectivity index (χ4n) is 2.46. The van der Waals surface area contributed by atoms with E-state index < -0.39 is 28.7 Å². The summed E-state index contributed by atoms with van der Waals surface area (Å²) < 4.78 is 27.8. The lowest BCUT2D eigenvalue weighted by Gasteiger charge is -2.10. The van der Waals surface area contributed by atoms with Crippen molar-refractivity contribution in [2.24, 2.45) is 0 Å². The van der Waals surface area contributed by atoms with E-state index in [4.69, 9.17) is 11.6 Å². The number of hydrogen-bond donors (Lipinski definition) is 1. The minimum atomic E-state index is -0.801. The van der Waals surface area contributed by atoms with Gasteiger partial charge in [-0.25, -0.2) is 8.78 Å². The number of aromatic hydroxyl groups is 1. The number of rotatable bonds is 3. The van der Waals surface area contributed by atoms with Gasteiger partial charge in [-0.2, -0.15) is 5.26 Å². The summed E-state index contributed by atoms with van der Waals surface area (Å²) in [6.45, 7) is 0. The highest BCUT2D eigenvalue weighted by atomic mass is 35.5. The first-order chi connectivity index (χ1) is 12.8. The zero-order valence-electron chi connectivity index (χ0n) is 13.4. The van der Waals surface area contributed by atoms with Crippen molar-refractivity contribution < 1.29 is 18.7 Å². The largest absolute Gasteiger partial charge is 0.507 e. The highest BCUT2D eigenvalue weighted by Gasteiger charge is 2.18. The number of carbonyl (C=O) groups excluding carboxylic acids is 1. The molecule has 0 saturated heterocycles. The number of phenols is 1. The van der Waals surface area contributed by atoms with Crippen LogP contribution in [0.15, 0.2) is 53.5 Å². The molecule has 0 radical (unpaired) electrons. The van der Waals surface area contributed by atoms with Crippen LogP contribution in [0.4, 0.5) is 8.78 Å². The minimum Gasteiger partial charge on any atom is -0.507 e. The number of benzene rings is 2. The fourth-order valence-corrected chi connectivity index (χ4v) is 2.63. The Hall–Kier alpha value is -3.50. The van der Waals surface area contributed by atoms with Crippen LogP contribution in [0.3, 0.4) is 0 Å². The van der Waals surface area contributed by atoms with E-state index in [1.165, 1.54) is 6.07 Å². The second-order valence-corrected chi connectivity index (χ2v) is 5.93. The predicted octanol–water partition coefficient (Wildman–Crippen LogP) is 3.58. The van der Waals surface area contributed by atoms with Gasteiger partial charge in [0, 0.05) is 11.8 Å². The van der Waals surface area contributed by atoms with Crippen molar-refractivity contribution in [3.05, 3.63) is 92.4 Å². The Morgan fingerprint density at radius 3 is 2.56 bits per heavy atom. The van der Waals surface area contributed by atoms with Crippen molar-refractivity contribution in [1.82, 2.24) is 4.57 Å². The van der Waals surface area contributed by atoms with E-state index in [0.29, 0.717) is 0 Å². The van der Waals surface area contributed by atoms with Crippen molar-refractivity contribution in [1.29, 1.82) is 5.26 Å². The highest BCUT2D eigenvalue weighted by Crippen LogP contribution is 2.23. The Bertz CT molecular complexity index is 1180. The molecule has 0 amide bonds. The molecule has 0 unspecified atom stereocenters. The molecule has 0 aliphatic rings. The maximum atomic E-state index is 13.4. The topological polar surface area (TPSA) is 83.1 Å². The molecule has 134 valence electrons. The number of nitriles is 1. The van der Waals surface area contributed by atoms with Crippen molar-refractivity contribution in [2.75, 3.05) is 0 Å². The quantitative estimate of drug-likeness (QED) is 0.697. The van der Waals surface area contributed by atoms with Crippen LogP contribution in [0.25, 0.3) is 5.69 Å². The normalized spacial score (nSPS) is 10.4. The molecule has 3 rings (SSSR count). The van der Waals surface area contributed by atoms with Crippen LogP contribution >= 0.6 is 11.6 Å². The molecule has 0 spiro atoms. The van der Waals surface area contributed by atoms with E-state index in [-0.39, 0.29) is 27.4 Å². The number of carbonyl (C=O) groups is 1. The van der Waals surface area contributed by atoms with Gasteiger partial charge in [-0.15, -0.1) is 0 Å². The van der Waals surface area contributed by atoms with Gasteiger partial charge in [0.1, 0.15) is 29.0 Å². The monoisotopic (exact) mass is 386 g/mol. The number of aromatic nitrogens is 1. The SMILES string of the molecule is N#Cc1cc(C(=O)c2cc(F)ccc2O)cn(-c2ccc(F)c(Cl)c2)c1=O. The molecule has 5 nitrogen and oxygen atoms in total. The van der Waals surface area contributed by atoms with Gasteiger partial charge >= 0.3 is 0 Å². The molecule has 8 heteroatoms. The molecule has 0 bridgehead atoms. The number of ketones is 1. The van der Waals surface area contributed by atoms with Gasteiger partial charge in [-0.1, -0.05) is 11.6 Å². The minimum absolute atomic E-state index is 0.126. The van der Waals surface area contributed by atoms with Crippen LogP contribution in [0.1, 0.15) is 21.5 Å². The Morgan fingerprint density at radius 1 is 1.15 bits per heavy atom. The van der Waals surface area contributed by atoms with Gasteiger partial charge in [0.15, 0.2) is 5.78 Å². The molecule has 0 aliphatic carbocycles. The molecule has 27 heavy (non-hydrogen) atoms. The molecule has 0 atom stereocenters. The van der Waals surface area contributed by atoms with E-state index in [1.54, 1.807) is 6.07 Å². The maximum absolute atomic E-state index is 13.4. The Morgan fingerprint density at radius 2 is 1.89 bits per heavy atom. The third-order valence-corrected chi connectivity index (χ3v) is 4.07. The summed E-state index contributed by atoms with van der Waals surface area (Å²) in [5.74, 6) is -2.70. The summed E-state index contributed by atoms with van der Waals surface area (Å²) in [5, 5.41) is 18.8. The molecule has 2 aromatic carbocycles. The third kappa shape index (κ3) is 3.43. The van der Waals surface area contributed by atoms with Gasteiger partial charge in [0.2, 0.25) is 0 Å². The van der Waals surface area contributed by atoms with Gasteiger partial charge in [-0.3, -0.25) is 14.2 Å². The molecule has 1 N–H and O–H groups in total. The average Bonchev–Trinajstić information content (AvgIpc) is 2.65. The predicted molar refractivity (Wildman–Crippen MR) is 93.2 cm³/mol. The van der Waals surface area contributed by atoms with Gasteiger partial charge in [-0.05, 0) is 42.5 Å². The van der Waals surface area contributed by atoms with Crippen molar-refractivity contribution in [3.8, 4) is 17.5 Å². The third-order valence-electron chi connectivity index (χ3n) is 3.78. The summed E-state index contributed by atoms with van der Waals surface area (Å²) in [4.78, 5) is 25.1. The summed E-state index contributed by atoms with van der Waals surface area (Å²) in [7, 11) is 0. The second-order valence-electron chi connectivity index (χ2n) is 5.52. The fraction of sp³-hybridized carbons (Fsp3) is 0. The Labute approximate surface area is 156 Å². The lowest BCUT2D eigenvalue weighted by molar-refractivity contribution is 0.103. The molecule has 3 aromatic rings. The molecule has 0 aliphatic heterocycles. The van der Waals surface area contributed by atoms with E-state index in [0.717, 1.165) is 47.2 Å². The maximum Gasteiger partial charge on any atom is 0.273 e.